The molecule has 0 saturated carbocycles. The summed E-state index contributed by atoms with van der Waals surface area (Å²) in [7, 11) is 3.80. The first-order valence-electron chi connectivity index (χ1n) is 7.73. The predicted octanol–water partition coefficient (Wildman–Crippen LogP) is 3.82. The quantitative estimate of drug-likeness (QED) is 0.370. The summed E-state index contributed by atoms with van der Waals surface area (Å²) in [4.78, 5) is 4.28. The van der Waals surface area contributed by atoms with Gasteiger partial charge in [-0.1, -0.05) is 18.2 Å². The van der Waals surface area contributed by atoms with Crippen LogP contribution in [0.2, 0.25) is 0 Å². The molecule has 0 fully saturated rings. The van der Waals surface area contributed by atoms with Crippen molar-refractivity contribution in [1.82, 2.24) is 15.2 Å². The summed E-state index contributed by atoms with van der Waals surface area (Å²) in [6.07, 6.45) is 2.03. The number of para-hydroxylation sites is 1. The SMILES string of the molecule is CN=C(NCc1cccn1C)NC(C)c1cc2ccccc2o1.I. The van der Waals surface area contributed by atoms with Gasteiger partial charge in [0, 0.05) is 31.4 Å². The van der Waals surface area contributed by atoms with Crippen LogP contribution in [0.25, 0.3) is 11.0 Å². The van der Waals surface area contributed by atoms with Gasteiger partial charge in [-0.3, -0.25) is 4.99 Å². The van der Waals surface area contributed by atoms with Crippen LogP contribution >= 0.6 is 24.0 Å². The Morgan fingerprint density at radius 3 is 2.71 bits per heavy atom. The van der Waals surface area contributed by atoms with Crippen LogP contribution < -0.4 is 10.6 Å². The predicted molar refractivity (Wildman–Crippen MR) is 109 cm³/mol. The number of benzene rings is 1. The number of aliphatic imine (C=N–C) groups is 1. The zero-order chi connectivity index (χ0) is 16.2. The van der Waals surface area contributed by atoms with Crippen molar-refractivity contribution in [1.29, 1.82) is 0 Å². The minimum absolute atomic E-state index is 0. The normalized spacial score (nSPS) is 12.7. The molecule has 0 bridgehead atoms. The minimum atomic E-state index is 0. The molecular formula is C18H23IN4O. The maximum absolute atomic E-state index is 5.90. The average molecular weight is 438 g/mol. The molecule has 0 aliphatic carbocycles. The molecule has 3 aromatic rings. The van der Waals surface area contributed by atoms with Gasteiger partial charge in [-0.25, -0.2) is 0 Å². The molecule has 3 rings (SSSR count). The van der Waals surface area contributed by atoms with Crippen molar-refractivity contribution in [2.24, 2.45) is 12.0 Å². The lowest BCUT2D eigenvalue weighted by Crippen LogP contribution is -2.38. The molecule has 2 N–H and O–H groups in total. The van der Waals surface area contributed by atoms with E-state index in [-0.39, 0.29) is 30.0 Å². The second kappa shape index (κ2) is 8.23. The van der Waals surface area contributed by atoms with E-state index < -0.39 is 0 Å². The summed E-state index contributed by atoms with van der Waals surface area (Å²) < 4.78 is 7.98. The van der Waals surface area contributed by atoms with Crippen molar-refractivity contribution in [3.8, 4) is 0 Å². The molecule has 2 heterocycles. The third-order valence-corrected chi connectivity index (χ3v) is 3.94. The summed E-state index contributed by atoms with van der Waals surface area (Å²) in [5.41, 5.74) is 2.10. The van der Waals surface area contributed by atoms with E-state index in [4.69, 9.17) is 4.42 Å². The largest absolute Gasteiger partial charge is 0.459 e. The molecule has 0 aliphatic rings. The van der Waals surface area contributed by atoms with E-state index in [2.05, 4.69) is 45.3 Å². The molecule has 0 spiro atoms. The van der Waals surface area contributed by atoms with Crippen LogP contribution in [-0.2, 0) is 13.6 Å². The zero-order valence-electron chi connectivity index (χ0n) is 14.1. The molecule has 1 unspecified atom stereocenters. The lowest BCUT2D eigenvalue weighted by atomic mass is 10.2. The monoisotopic (exact) mass is 438 g/mol. The van der Waals surface area contributed by atoms with Gasteiger partial charge in [0.05, 0.1) is 12.6 Å². The summed E-state index contributed by atoms with van der Waals surface area (Å²) >= 11 is 0. The molecular weight excluding hydrogens is 415 g/mol. The van der Waals surface area contributed by atoms with Gasteiger partial charge >= 0.3 is 0 Å². The number of fused-ring (bicyclic) bond motifs is 1. The maximum Gasteiger partial charge on any atom is 0.191 e. The number of furan rings is 1. The molecule has 5 nitrogen and oxygen atoms in total. The molecule has 0 aliphatic heterocycles. The topological polar surface area (TPSA) is 54.5 Å². The third kappa shape index (κ3) is 4.11. The van der Waals surface area contributed by atoms with Gasteiger partial charge < -0.3 is 19.6 Å². The summed E-state index contributed by atoms with van der Waals surface area (Å²) in [6, 6.07) is 14.2. The number of aromatic nitrogens is 1. The second-order valence-electron chi connectivity index (χ2n) is 5.59. The van der Waals surface area contributed by atoms with Gasteiger partial charge in [-0.2, -0.15) is 0 Å². The number of hydrogen-bond donors (Lipinski definition) is 2. The zero-order valence-corrected chi connectivity index (χ0v) is 16.4. The molecule has 0 radical (unpaired) electrons. The van der Waals surface area contributed by atoms with E-state index in [0.29, 0.717) is 0 Å². The van der Waals surface area contributed by atoms with Crippen molar-refractivity contribution in [3.63, 3.8) is 0 Å². The number of guanidine groups is 1. The molecule has 24 heavy (non-hydrogen) atoms. The van der Waals surface area contributed by atoms with Crippen molar-refractivity contribution in [3.05, 3.63) is 60.1 Å². The van der Waals surface area contributed by atoms with Gasteiger partial charge in [0.2, 0.25) is 0 Å². The summed E-state index contributed by atoms with van der Waals surface area (Å²) in [6.45, 7) is 2.78. The van der Waals surface area contributed by atoms with E-state index in [1.807, 2.05) is 37.5 Å². The second-order valence-corrected chi connectivity index (χ2v) is 5.59. The van der Waals surface area contributed by atoms with Crippen molar-refractivity contribution in [2.45, 2.75) is 19.5 Å². The van der Waals surface area contributed by atoms with E-state index >= 15 is 0 Å². The van der Waals surface area contributed by atoms with Gasteiger partial charge in [0.25, 0.3) is 0 Å². The highest BCUT2D eigenvalue weighted by Crippen LogP contribution is 2.23. The first-order chi connectivity index (χ1) is 11.2. The van der Waals surface area contributed by atoms with Crippen molar-refractivity contribution < 1.29 is 4.42 Å². The highest BCUT2D eigenvalue weighted by atomic mass is 127. The fourth-order valence-electron chi connectivity index (χ4n) is 2.54. The third-order valence-electron chi connectivity index (χ3n) is 3.94. The molecule has 2 aromatic heterocycles. The van der Waals surface area contributed by atoms with Crippen molar-refractivity contribution in [2.75, 3.05) is 7.05 Å². The van der Waals surface area contributed by atoms with E-state index in [1.54, 1.807) is 7.05 Å². The average Bonchev–Trinajstić information content (AvgIpc) is 3.17. The Morgan fingerprint density at radius 2 is 2.04 bits per heavy atom. The smallest absolute Gasteiger partial charge is 0.191 e. The standard InChI is InChI=1S/C18H22N4O.HI/c1-13(17-11-14-7-4-5-9-16(14)23-17)21-18(19-2)20-12-15-8-6-10-22(15)3;/h4-11,13H,12H2,1-3H3,(H2,19,20,21);1H. The number of rotatable bonds is 4. The molecule has 0 amide bonds. The Morgan fingerprint density at radius 1 is 1.25 bits per heavy atom. The van der Waals surface area contributed by atoms with Crippen LogP contribution in [-0.4, -0.2) is 17.6 Å². The minimum Gasteiger partial charge on any atom is -0.459 e. The van der Waals surface area contributed by atoms with Gasteiger partial charge in [-0.15, -0.1) is 24.0 Å². The van der Waals surface area contributed by atoms with Crippen LogP contribution in [0.3, 0.4) is 0 Å². The molecule has 0 saturated heterocycles. The van der Waals surface area contributed by atoms with Gasteiger partial charge in [-0.05, 0) is 31.2 Å². The number of nitrogens with one attached hydrogen (secondary N) is 2. The van der Waals surface area contributed by atoms with Crippen LogP contribution in [0, 0.1) is 0 Å². The molecule has 128 valence electrons. The first kappa shape index (κ1) is 18.4. The number of halogens is 1. The molecule has 1 aromatic carbocycles. The van der Waals surface area contributed by atoms with E-state index in [0.717, 1.165) is 29.2 Å². The Kier molecular flexibility index (Phi) is 6.30. The fraction of sp³-hybridized carbons (Fsp3) is 0.278. The van der Waals surface area contributed by atoms with Crippen LogP contribution in [0.5, 0.6) is 0 Å². The fourth-order valence-corrected chi connectivity index (χ4v) is 2.54. The van der Waals surface area contributed by atoms with Gasteiger partial charge in [0.1, 0.15) is 11.3 Å². The Balaban J connectivity index is 0.00000208. The number of nitrogens with zero attached hydrogens (tertiary/aromatic N) is 2. The molecule has 6 heteroatoms. The lowest BCUT2D eigenvalue weighted by molar-refractivity contribution is 0.488. The van der Waals surface area contributed by atoms with Crippen LogP contribution in [0.15, 0.2) is 58.1 Å². The van der Waals surface area contributed by atoms with Gasteiger partial charge in [0.15, 0.2) is 5.96 Å². The van der Waals surface area contributed by atoms with Crippen LogP contribution in [0.4, 0.5) is 0 Å². The number of hydrogen-bond acceptors (Lipinski definition) is 2. The highest BCUT2D eigenvalue weighted by molar-refractivity contribution is 14.0. The van der Waals surface area contributed by atoms with Crippen LogP contribution in [0.1, 0.15) is 24.4 Å². The lowest BCUT2D eigenvalue weighted by Gasteiger charge is -2.16. The summed E-state index contributed by atoms with van der Waals surface area (Å²) in [5, 5.41) is 7.80. The summed E-state index contributed by atoms with van der Waals surface area (Å²) in [5.74, 6) is 1.65. The first-order valence-corrected chi connectivity index (χ1v) is 7.73. The maximum atomic E-state index is 5.90. The Hall–Kier alpha value is -1.96. The van der Waals surface area contributed by atoms with Crippen molar-refractivity contribution >= 4 is 40.9 Å². The highest BCUT2D eigenvalue weighted by Gasteiger charge is 2.13. The Bertz CT molecular complexity index is 788. The molecule has 1 atom stereocenters. The van der Waals surface area contributed by atoms with E-state index in [9.17, 15) is 0 Å². The van der Waals surface area contributed by atoms with E-state index in [1.165, 1.54) is 5.69 Å². The number of aryl methyl sites for hydroxylation is 1. The Labute approximate surface area is 159 Å².